The van der Waals surface area contributed by atoms with Crippen molar-refractivity contribution in [2.75, 3.05) is 32.5 Å². The molecule has 29 heavy (non-hydrogen) atoms. The molecule has 1 unspecified atom stereocenters. The predicted molar refractivity (Wildman–Crippen MR) is 130 cm³/mol. The van der Waals surface area contributed by atoms with Crippen LogP contribution in [0.15, 0.2) is 24.3 Å². The van der Waals surface area contributed by atoms with Crippen molar-refractivity contribution in [3.05, 3.63) is 35.4 Å². The highest BCUT2D eigenvalue weighted by Crippen LogP contribution is 2.13. The summed E-state index contributed by atoms with van der Waals surface area (Å²) >= 11 is 0. The zero-order chi connectivity index (χ0) is 21.2. The van der Waals surface area contributed by atoms with E-state index in [4.69, 9.17) is 5.73 Å². The number of nitrogens with two attached hydrogens (primary N) is 1. The molecule has 0 bridgehead atoms. The molecule has 1 atom stereocenters. The number of carbonyl (C=O) groups is 1. The van der Waals surface area contributed by atoms with E-state index in [1.54, 1.807) is 0 Å². The quantitative estimate of drug-likeness (QED) is 0.306. The fraction of sp³-hybridized carbons (Fsp3) is 0.720. The van der Waals surface area contributed by atoms with Gasteiger partial charge in [0.05, 0.1) is 0 Å². The highest BCUT2D eigenvalue weighted by atomic mass is 31.1. The van der Waals surface area contributed by atoms with Gasteiger partial charge in [-0.3, -0.25) is 4.79 Å². The van der Waals surface area contributed by atoms with Gasteiger partial charge in [-0.15, -0.1) is 8.58 Å². The maximum Gasteiger partial charge on any atom is 0.217 e. The minimum Gasteiger partial charge on any atom is -0.370 e. The normalized spacial score (nSPS) is 14.3. The summed E-state index contributed by atoms with van der Waals surface area (Å²) in [4.78, 5) is 12.9. The van der Waals surface area contributed by atoms with Gasteiger partial charge in [0.15, 0.2) is 0 Å². The molecule has 1 aromatic carbocycles. The predicted octanol–water partition coefficient (Wildman–Crippen LogP) is 5.79. The lowest BCUT2D eigenvalue weighted by molar-refractivity contribution is -0.118. The fourth-order valence-corrected chi connectivity index (χ4v) is 4.27. The third kappa shape index (κ3) is 14.7. The maximum atomic E-state index is 10.3. The van der Waals surface area contributed by atoms with E-state index in [-0.39, 0.29) is 5.91 Å². The Morgan fingerprint density at radius 3 is 2.10 bits per heavy atom. The third-order valence-corrected chi connectivity index (χ3v) is 6.35. The van der Waals surface area contributed by atoms with Gasteiger partial charge in [0.25, 0.3) is 0 Å². The molecule has 1 fully saturated rings. The van der Waals surface area contributed by atoms with Crippen LogP contribution in [0.2, 0.25) is 0 Å². The molecule has 1 heterocycles. The first-order chi connectivity index (χ1) is 14.2. The molecule has 1 aromatic rings. The Balaban J connectivity index is 0.000000331. The molecule has 3 nitrogen and oxygen atoms in total. The smallest absolute Gasteiger partial charge is 0.217 e. The molecule has 2 rings (SSSR count). The van der Waals surface area contributed by atoms with Gasteiger partial charge in [-0.05, 0) is 82.1 Å². The van der Waals surface area contributed by atoms with Crippen LogP contribution in [0.5, 0.6) is 0 Å². The molecule has 0 aromatic heterocycles. The van der Waals surface area contributed by atoms with E-state index in [9.17, 15) is 4.79 Å². The van der Waals surface area contributed by atoms with Crippen LogP contribution in [-0.2, 0) is 17.6 Å². The van der Waals surface area contributed by atoms with Gasteiger partial charge in [0.1, 0.15) is 0 Å². The molecule has 1 aliphatic heterocycles. The van der Waals surface area contributed by atoms with Gasteiger partial charge in [-0.2, -0.15) is 0 Å². The molecule has 0 saturated carbocycles. The lowest BCUT2D eigenvalue weighted by atomic mass is 10.1. The third-order valence-electron chi connectivity index (χ3n) is 5.60. The number of primary amides is 1. The zero-order valence-corrected chi connectivity index (χ0v) is 20.1. The number of unbranched alkanes of at least 4 members (excludes halogenated alkanes) is 5. The summed E-state index contributed by atoms with van der Waals surface area (Å²) in [7, 11) is 1.08. The Kier molecular flexibility index (Phi) is 16.1. The number of rotatable bonds is 14. The summed E-state index contributed by atoms with van der Waals surface area (Å²) in [6.07, 6.45) is 15.8. The van der Waals surface area contributed by atoms with E-state index in [1.165, 1.54) is 94.7 Å². The van der Waals surface area contributed by atoms with Crippen molar-refractivity contribution in [3.63, 3.8) is 0 Å². The second-order valence-electron chi connectivity index (χ2n) is 8.31. The van der Waals surface area contributed by atoms with Crippen molar-refractivity contribution in [3.8, 4) is 0 Å². The number of amides is 1. The number of aryl methyl sites for hydroxylation is 2. The number of benzene rings is 1. The monoisotopic (exact) mass is 420 g/mol. The summed E-state index contributed by atoms with van der Waals surface area (Å²) in [6, 6.07) is 9.31. The molecule has 1 aliphatic rings. The van der Waals surface area contributed by atoms with Gasteiger partial charge in [-0.1, -0.05) is 63.3 Å². The average molecular weight is 421 g/mol. The average Bonchev–Trinajstić information content (AvgIpc) is 3.24. The molecule has 4 heteroatoms. The van der Waals surface area contributed by atoms with Crippen LogP contribution in [0.4, 0.5) is 0 Å². The van der Waals surface area contributed by atoms with E-state index in [2.05, 4.69) is 42.8 Å². The molecule has 1 saturated heterocycles. The highest BCUT2D eigenvalue weighted by Gasteiger charge is 2.10. The van der Waals surface area contributed by atoms with Gasteiger partial charge < -0.3 is 10.6 Å². The summed E-state index contributed by atoms with van der Waals surface area (Å²) in [6.45, 7) is 8.43. The Morgan fingerprint density at radius 2 is 1.52 bits per heavy atom. The lowest BCUT2D eigenvalue weighted by Crippen LogP contribution is -2.20. The first-order valence-corrected chi connectivity index (χ1v) is 13.6. The summed E-state index contributed by atoms with van der Waals surface area (Å²) in [5.41, 5.74) is 8.01. The number of hydrogen-bond donors (Lipinski definition) is 1. The number of nitrogens with zero attached hydrogens (tertiary/aromatic N) is 1. The largest absolute Gasteiger partial charge is 0.370 e. The van der Waals surface area contributed by atoms with Crippen molar-refractivity contribution in [2.24, 2.45) is 5.73 Å². The van der Waals surface area contributed by atoms with Crippen LogP contribution >= 0.6 is 8.58 Å². The second kappa shape index (κ2) is 17.9. The van der Waals surface area contributed by atoms with E-state index < -0.39 is 0 Å². The highest BCUT2D eigenvalue weighted by molar-refractivity contribution is 7.36. The van der Waals surface area contributed by atoms with Crippen LogP contribution in [0.3, 0.4) is 0 Å². The molecule has 0 radical (unpaired) electrons. The zero-order valence-electron chi connectivity index (χ0n) is 19.1. The van der Waals surface area contributed by atoms with Gasteiger partial charge in [0.2, 0.25) is 5.91 Å². The molecule has 0 spiro atoms. The van der Waals surface area contributed by atoms with Crippen LogP contribution in [0, 0.1) is 0 Å². The Morgan fingerprint density at radius 1 is 0.931 bits per heavy atom. The Labute approximate surface area is 182 Å². The minimum atomic E-state index is -0.166. The van der Waals surface area contributed by atoms with Gasteiger partial charge >= 0.3 is 0 Å². The van der Waals surface area contributed by atoms with Crippen molar-refractivity contribution in [2.45, 2.75) is 84.0 Å². The molecule has 166 valence electrons. The first-order valence-electron chi connectivity index (χ1n) is 11.9. The van der Waals surface area contributed by atoms with Crippen LogP contribution in [0.25, 0.3) is 0 Å². The van der Waals surface area contributed by atoms with Crippen molar-refractivity contribution in [1.82, 2.24) is 4.90 Å². The van der Waals surface area contributed by atoms with Crippen LogP contribution < -0.4 is 5.73 Å². The molecular weight excluding hydrogens is 375 g/mol. The van der Waals surface area contributed by atoms with E-state index in [0.717, 1.165) is 21.4 Å². The molecule has 1 amide bonds. The molecular formula is C25H45N2OP. The van der Waals surface area contributed by atoms with Crippen LogP contribution in [-0.4, -0.2) is 43.3 Å². The van der Waals surface area contributed by atoms with Crippen molar-refractivity contribution < 1.29 is 4.79 Å². The Bertz CT molecular complexity index is 512. The van der Waals surface area contributed by atoms with E-state index in [0.29, 0.717) is 6.42 Å². The maximum absolute atomic E-state index is 10.3. The van der Waals surface area contributed by atoms with Crippen molar-refractivity contribution >= 4 is 14.5 Å². The summed E-state index contributed by atoms with van der Waals surface area (Å²) in [5.74, 6) is -0.166. The number of carbonyl (C=O) groups excluding carboxylic acids is 1. The van der Waals surface area contributed by atoms with E-state index >= 15 is 0 Å². The first kappa shape index (κ1) is 26.1. The van der Waals surface area contributed by atoms with Crippen molar-refractivity contribution in [1.29, 1.82) is 0 Å². The fourth-order valence-electron chi connectivity index (χ4n) is 3.73. The lowest BCUT2D eigenvalue weighted by Gasteiger charge is -2.14. The SMILES string of the molecule is CCCCCCCCC(N)=O.CPCCc1ccc(CCCN2CCCC2)cc1. The van der Waals surface area contributed by atoms with Gasteiger partial charge in [0, 0.05) is 6.42 Å². The topological polar surface area (TPSA) is 46.3 Å². The minimum absolute atomic E-state index is 0.166. The molecule has 0 aliphatic carbocycles. The molecule has 2 N–H and O–H groups in total. The van der Waals surface area contributed by atoms with Gasteiger partial charge in [-0.25, -0.2) is 0 Å². The standard InChI is InChI=1S/C16H26NP.C9H19NO/c1-18-14-10-16-8-6-15(7-9-16)5-4-13-17-11-2-3-12-17;1-2-3-4-5-6-7-8-9(10)11/h6-9,18H,2-5,10-14H2,1H3;2-8H2,1H3,(H2,10,11). The van der Waals surface area contributed by atoms with E-state index in [1.807, 2.05) is 0 Å². The second-order valence-corrected chi connectivity index (χ2v) is 9.51. The Hall–Kier alpha value is -0.920. The summed E-state index contributed by atoms with van der Waals surface area (Å²) < 4.78 is 0. The summed E-state index contributed by atoms with van der Waals surface area (Å²) in [5, 5.41) is 0. The van der Waals surface area contributed by atoms with Crippen LogP contribution in [0.1, 0.15) is 82.3 Å². The number of hydrogen-bond acceptors (Lipinski definition) is 2. The number of likely N-dealkylation sites (tertiary alicyclic amines) is 1.